The molecular formula is C29H30FN5O3. The Bertz CT molecular complexity index is 1430. The molecule has 0 spiro atoms. The number of ether oxygens (including phenoxy) is 2. The SMILES string of the molecule is COCc1ccc(C2(F)COC2)c(CNC(=O)Nc2c(C)c(-c3ccc(C)nc3)nn2-c2ccccc2)c1. The van der Waals surface area contributed by atoms with Crippen LogP contribution in [0, 0.1) is 13.8 Å². The Hall–Kier alpha value is -4.08. The van der Waals surface area contributed by atoms with Crippen LogP contribution in [-0.2, 0) is 28.3 Å². The number of hydrogen-bond acceptors (Lipinski definition) is 5. The Kier molecular flexibility index (Phi) is 7.22. The number of nitrogens with one attached hydrogen (secondary N) is 2. The largest absolute Gasteiger partial charge is 0.380 e. The van der Waals surface area contributed by atoms with Gasteiger partial charge >= 0.3 is 6.03 Å². The minimum absolute atomic E-state index is 0.00191. The topological polar surface area (TPSA) is 90.3 Å². The molecule has 2 aromatic carbocycles. The number of halogens is 1. The Morgan fingerprint density at radius 2 is 1.92 bits per heavy atom. The van der Waals surface area contributed by atoms with Crippen LogP contribution < -0.4 is 10.6 Å². The molecule has 2 N–H and O–H groups in total. The standard InChI is InChI=1S/C29H30FN5O3/c1-19-9-11-22(14-31-19)26-20(2)27(35(34-26)24-7-5-4-6-8-24)33-28(36)32-15-23-13-21(16-37-3)10-12-25(23)29(30)17-38-18-29/h4-14H,15-18H2,1-3H3,(H2,32,33,36). The number of methoxy groups -OCH3 is 1. The summed E-state index contributed by atoms with van der Waals surface area (Å²) >= 11 is 0. The fraction of sp³-hybridized carbons (Fsp3) is 0.276. The van der Waals surface area contributed by atoms with Crippen LogP contribution in [0.25, 0.3) is 16.9 Å². The van der Waals surface area contributed by atoms with Crippen molar-refractivity contribution in [2.75, 3.05) is 25.6 Å². The van der Waals surface area contributed by atoms with Gasteiger partial charge in [0, 0.05) is 36.7 Å². The molecule has 2 amide bonds. The predicted molar refractivity (Wildman–Crippen MR) is 143 cm³/mol. The summed E-state index contributed by atoms with van der Waals surface area (Å²) in [4.78, 5) is 17.5. The first-order chi connectivity index (χ1) is 18.4. The van der Waals surface area contributed by atoms with Gasteiger partial charge < -0.3 is 14.8 Å². The van der Waals surface area contributed by atoms with Crippen molar-refractivity contribution in [3.05, 3.63) is 94.8 Å². The number of hydrogen-bond donors (Lipinski definition) is 2. The molecule has 0 radical (unpaired) electrons. The van der Waals surface area contributed by atoms with E-state index < -0.39 is 11.7 Å². The molecule has 1 aliphatic heterocycles. The number of amides is 2. The van der Waals surface area contributed by atoms with Gasteiger partial charge in [-0.05, 0) is 54.8 Å². The molecule has 0 saturated carbocycles. The average Bonchev–Trinajstić information content (AvgIpc) is 3.23. The zero-order valence-corrected chi connectivity index (χ0v) is 21.6. The number of para-hydroxylation sites is 1. The molecule has 1 saturated heterocycles. The van der Waals surface area contributed by atoms with Crippen LogP contribution in [0.15, 0.2) is 66.9 Å². The van der Waals surface area contributed by atoms with Crippen molar-refractivity contribution in [3.8, 4) is 16.9 Å². The number of alkyl halides is 1. The molecule has 4 aromatic rings. The third-order valence-electron chi connectivity index (χ3n) is 6.60. The van der Waals surface area contributed by atoms with Crippen LogP contribution in [0.5, 0.6) is 0 Å². The lowest BCUT2D eigenvalue weighted by molar-refractivity contribution is -0.135. The van der Waals surface area contributed by atoms with Gasteiger partial charge in [-0.2, -0.15) is 5.10 Å². The van der Waals surface area contributed by atoms with Crippen molar-refractivity contribution in [3.63, 3.8) is 0 Å². The zero-order chi connectivity index (χ0) is 26.7. The maximum absolute atomic E-state index is 15.3. The predicted octanol–water partition coefficient (Wildman–Crippen LogP) is 5.21. The second-order valence-electron chi connectivity index (χ2n) is 9.45. The molecule has 8 nitrogen and oxygen atoms in total. The van der Waals surface area contributed by atoms with E-state index in [1.807, 2.05) is 68.4 Å². The van der Waals surface area contributed by atoms with Crippen molar-refractivity contribution < 1.29 is 18.7 Å². The van der Waals surface area contributed by atoms with E-state index in [1.165, 1.54) is 0 Å². The number of anilines is 1. The highest BCUT2D eigenvalue weighted by molar-refractivity contribution is 5.90. The highest BCUT2D eigenvalue weighted by atomic mass is 19.1. The Morgan fingerprint density at radius 3 is 2.58 bits per heavy atom. The van der Waals surface area contributed by atoms with Gasteiger partial charge in [-0.3, -0.25) is 10.3 Å². The van der Waals surface area contributed by atoms with E-state index in [2.05, 4.69) is 15.6 Å². The first-order valence-electron chi connectivity index (χ1n) is 12.4. The lowest BCUT2D eigenvalue weighted by Crippen LogP contribution is -2.43. The van der Waals surface area contributed by atoms with E-state index >= 15 is 4.39 Å². The molecule has 38 heavy (non-hydrogen) atoms. The fourth-order valence-electron chi connectivity index (χ4n) is 4.53. The number of urea groups is 1. The van der Waals surface area contributed by atoms with Gasteiger partial charge in [0.2, 0.25) is 0 Å². The second-order valence-corrected chi connectivity index (χ2v) is 9.45. The number of aromatic nitrogens is 3. The smallest absolute Gasteiger partial charge is 0.320 e. The van der Waals surface area contributed by atoms with E-state index in [9.17, 15) is 4.79 Å². The van der Waals surface area contributed by atoms with Crippen molar-refractivity contribution in [1.29, 1.82) is 0 Å². The van der Waals surface area contributed by atoms with Crippen LogP contribution in [0.3, 0.4) is 0 Å². The number of pyridine rings is 1. The molecule has 5 rings (SSSR count). The molecule has 0 atom stereocenters. The molecular weight excluding hydrogens is 485 g/mol. The summed E-state index contributed by atoms with van der Waals surface area (Å²) in [5.41, 5.74) is 4.61. The Balaban J connectivity index is 1.41. The molecule has 9 heteroatoms. The van der Waals surface area contributed by atoms with Crippen molar-refractivity contribution in [1.82, 2.24) is 20.1 Å². The summed E-state index contributed by atoms with van der Waals surface area (Å²) in [6, 6.07) is 18.5. The molecule has 1 aliphatic rings. The summed E-state index contributed by atoms with van der Waals surface area (Å²) in [7, 11) is 1.61. The van der Waals surface area contributed by atoms with Crippen molar-refractivity contribution in [2.24, 2.45) is 0 Å². The van der Waals surface area contributed by atoms with Crippen molar-refractivity contribution in [2.45, 2.75) is 32.7 Å². The number of carbonyl (C=O) groups excluding carboxylic acids is 1. The minimum atomic E-state index is -1.56. The summed E-state index contributed by atoms with van der Waals surface area (Å²) < 4.78 is 27.3. The van der Waals surface area contributed by atoms with Gasteiger partial charge in [0.15, 0.2) is 5.67 Å². The van der Waals surface area contributed by atoms with Crippen LogP contribution in [-0.4, -0.2) is 41.1 Å². The second kappa shape index (κ2) is 10.7. The number of benzene rings is 2. The summed E-state index contributed by atoms with van der Waals surface area (Å²) in [6.07, 6.45) is 1.77. The molecule has 1 fully saturated rings. The number of rotatable bonds is 8. The first kappa shape index (κ1) is 25.6. The lowest BCUT2D eigenvalue weighted by Gasteiger charge is -2.35. The van der Waals surface area contributed by atoms with Gasteiger partial charge in [0.1, 0.15) is 5.82 Å². The molecule has 0 unspecified atom stereocenters. The number of carbonyl (C=O) groups is 1. The highest BCUT2D eigenvalue weighted by Gasteiger charge is 2.42. The Morgan fingerprint density at radius 1 is 1.13 bits per heavy atom. The third kappa shape index (κ3) is 5.16. The van der Waals surface area contributed by atoms with E-state index in [-0.39, 0.29) is 19.8 Å². The van der Waals surface area contributed by atoms with E-state index in [4.69, 9.17) is 14.6 Å². The van der Waals surface area contributed by atoms with E-state index in [0.29, 0.717) is 23.6 Å². The maximum atomic E-state index is 15.3. The quantitative estimate of drug-likeness (QED) is 0.336. The van der Waals surface area contributed by atoms with Crippen LogP contribution >= 0.6 is 0 Å². The molecule has 2 aromatic heterocycles. The summed E-state index contributed by atoms with van der Waals surface area (Å²) in [5.74, 6) is 0.534. The van der Waals surface area contributed by atoms with E-state index in [1.54, 1.807) is 24.1 Å². The molecule has 3 heterocycles. The van der Waals surface area contributed by atoms with E-state index in [0.717, 1.165) is 33.8 Å². The summed E-state index contributed by atoms with van der Waals surface area (Å²) in [6.45, 7) is 4.37. The van der Waals surface area contributed by atoms with Gasteiger partial charge in [-0.1, -0.05) is 36.4 Å². The van der Waals surface area contributed by atoms with Gasteiger partial charge in [0.05, 0.1) is 31.2 Å². The first-order valence-corrected chi connectivity index (χ1v) is 12.4. The van der Waals surface area contributed by atoms with Crippen LogP contribution in [0.4, 0.5) is 15.0 Å². The average molecular weight is 516 g/mol. The van der Waals surface area contributed by atoms with Crippen LogP contribution in [0.2, 0.25) is 0 Å². The summed E-state index contributed by atoms with van der Waals surface area (Å²) in [5, 5.41) is 10.7. The highest BCUT2D eigenvalue weighted by Crippen LogP contribution is 2.36. The zero-order valence-electron chi connectivity index (χ0n) is 21.6. The molecule has 0 aliphatic carbocycles. The monoisotopic (exact) mass is 515 g/mol. The number of nitrogens with zero attached hydrogens (tertiary/aromatic N) is 3. The molecule has 0 bridgehead atoms. The van der Waals surface area contributed by atoms with Gasteiger partial charge in [0.25, 0.3) is 0 Å². The van der Waals surface area contributed by atoms with Crippen molar-refractivity contribution >= 4 is 11.8 Å². The fourth-order valence-corrected chi connectivity index (χ4v) is 4.53. The maximum Gasteiger partial charge on any atom is 0.320 e. The van der Waals surface area contributed by atoms with Gasteiger partial charge in [-0.25, -0.2) is 13.9 Å². The van der Waals surface area contributed by atoms with Gasteiger partial charge in [-0.15, -0.1) is 0 Å². The normalized spacial score (nSPS) is 14.1. The Labute approximate surface area is 220 Å². The number of aryl methyl sites for hydroxylation is 1. The van der Waals surface area contributed by atoms with Crippen LogP contribution in [0.1, 0.15) is 27.9 Å². The minimum Gasteiger partial charge on any atom is -0.380 e. The lowest BCUT2D eigenvalue weighted by atomic mass is 9.88. The molecule has 196 valence electrons. The third-order valence-corrected chi connectivity index (χ3v) is 6.60.